The molecule has 4 rings (SSSR count). The van der Waals surface area contributed by atoms with Crippen LogP contribution in [-0.2, 0) is 0 Å². The number of carbonyl (C=O) groups is 1. The Labute approximate surface area is 176 Å². The second-order valence-corrected chi connectivity index (χ2v) is 9.11. The Morgan fingerprint density at radius 2 is 1.45 bits per heavy atom. The van der Waals surface area contributed by atoms with E-state index in [1.807, 2.05) is 71.6 Å². The highest BCUT2D eigenvalue weighted by Gasteiger charge is 2.38. The van der Waals surface area contributed by atoms with Crippen LogP contribution in [0, 0.1) is 0 Å². The minimum absolute atomic E-state index is 0.0196. The van der Waals surface area contributed by atoms with E-state index in [9.17, 15) is 4.79 Å². The van der Waals surface area contributed by atoms with Gasteiger partial charge in [0.25, 0.3) is 5.91 Å². The molecule has 1 atom stereocenters. The average Bonchev–Trinajstić information content (AvgIpc) is 2.72. The van der Waals surface area contributed by atoms with Gasteiger partial charge in [-0.25, -0.2) is 0 Å². The number of thioether (sulfide) groups is 1. The van der Waals surface area contributed by atoms with Crippen molar-refractivity contribution < 1.29 is 4.79 Å². The molecule has 3 aromatic rings. The monoisotopic (exact) mass is 400 g/mol. The van der Waals surface area contributed by atoms with Crippen LogP contribution in [0.4, 0.5) is 5.69 Å². The molecule has 1 amide bonds. The maximum absolute atomic E-state index is 13.7. The fourth-order valence-electron chi connectivity index (χ4n) is 3.45. The molecule has 0 spiro atoms. The lowest BCUT2D eigenvalue weighted by Gasteiger charge is -2.38. The van der Waals surface area contributed by atoms with Gasteiger partial charge < -0.3 is 0 Å². The summed E-state index contributed by atoms with van der Waals surface area (Å²) in [7, 11) is 0. The van der Waals surface area contributed by atoms with E-state index < -0.39 is 0 Å². The molecular formula is C25H24N2OS. The van der Waals surface area contributed by atoms with Gasteiger partial charge in [-0.05, 0) is 50.6 Å². The largest absolute Gasteiger partial charge is 0.293 e. The quantitative estimate of drug-likeness (QED) is 0.500. The third kappa shape index (κ3) is 4.13. The van der Waals surface area contributed by atoms with E-state index in [1.54, 1.807) is 11.8 Å². The molecular weight excluding hydrogens is 376 g/mol. The maximum atomic E-state index is 13.7. The first kappa shape index (κ1) is 19.5. The zero-order valence-corrected chi connectivity index (χ0v) is 17.7. The van der Waals surface area contributed by atoms with E-state index in [4.69, 9.17) is 4.99 Å². The molecule has 1 unspecified atom stereocenters. The van der Waals surface area contributed by atoms with Crippen molar-refractivity contribution in [3.63, 3.8) is 0 Å². The Morgan fingerprint density at radius 3 is 2.10 bits per heavy atom. The second-order valence-electron chi connectivity index (χ2n) is 8.05. The molecule has 0 fully saturated rings. The average molecular weight is 401 g/mol. The lowest BCUT2D eigenvalue weighted by atomic mass is 10.0. The molecule has 3 aromatic carbocycles. The zero-order valence-electron chi connectivity index (χ0n) is 16.9. The van der Waals surface area contributed by atoms with Gasteiger partial charge in [0.05, 0.1) is 11.2 Å². The van der Waals surface area contributed by atoms with Crippen LogP contribution in [0.25, 0.3) is 0 Å². The van der Waals surface area contributed by atoms with Crippen LogP contribution in [0.5, 0.6) is 0 Å². The normalized spacial score (nSPS) is 17.8. The van der Waals surface area contributed by atoms with Gasteiger partial charge in [0.2, 0.25) is 0 Å². The topological polar surface area (TPSA) is 32.7 Å². The van der Waals surface area contributed by atoms with Crippen LogP contribution >= 0.6 is 11.8 Å². The van der Waals surface area contributed by atoms with Gasteiger partial charge in [0.15, 0.2) is 0 Å². The van der Waals surface area contributed by atoms with Gasteiger partial charge in [-0.3, -0.25) is 14.7 Å². The number of fused-ring (bicyclic) bond motifs is 1. The first-order valence-electron chi connectivity index (χ1n) is 9.74. The highest BCUT2D eigenvalue weighted by Crippen LogP contribution is 2.46. The molecule has 3 nitrogen and oxygen atoms in total. The van der Waals surface area contributed by atoms with Gasteiger partial charge in [-0.15, -0.1) is 0 Å². The van der Waals surface area contributed by atoms with Gasteiger partial charge in [-0.1, -0.05) is 72.4 Å². The molecule has 1 aliphatic rings. The summed E-state index contributed by atoms with van der Waals surface area (Å²) in [5.74, 6) is -0.0196. The number of amides is 1. The van der Waals surface area contributed by atoms with Gasteiger partial charge in [0.1, 0.15) is 11.1 Å². The number of hydrogen-bond donors (Lipinski definition) is 0. The number of carbonyl (C=O) groups excluding carboxylic acids is 1. The van der Waals surface area contributed by atoms with E-state index >= 15 is 0 Å². The zero-order chi connectivity index (χ0) is 20.4. The summed E-state index contributed by atoms with van der Waals surface area (Å²) >= 11 is 1.66. The second kappa shape index (κ2) is 7.88. The summed E-state index contributed by atoms with van der Waals surface area (Å²) < 4.78 is 0. The van der Waals surface area contributed by atoms with Crippen molar-refractivity contribution in [1.82, 2.24) is 0 Å². The van der Waals surface area contributed by atoms with Crippen molar-refractivity contribution in [1.29, 1.82) is 0 Å². The number of aliphatic imine (C=N–C) groups is 1. The van der Waals surface area contributed by atoms with Crippen molar-refractivity contribution in [2.24, 2.45) is 4.99 Å². The minimum atomic E-state index is -0.261. The lowest BCUT2D eigenvalue weighted by Crippen LogP contribution is -2.41. The van der Waals surface area contributed by atoms with Crippen LogP contribution in [0.15, 0.2) is 94.8 Å². The Morgan fingerprint density at radius 1 is 0.862 bits per heavy atom. The van der Waals surface area contributed by atoms with Gasteiger partial charge >= 0.3 is 0 Å². The molecule has 0 N–H and O–H groups in total. The van der Waals surface area contributed by atoms with Gasteiger partial charge in [-0.2, -0.15) is 0 Å². The van der Waals surface area contributed by atoms with E-state index in [2.05, 4.69) is 39.0 Å². The number of hydrogen-bond acceptors (Lipinski definition) is 3. The smallest absolute Gasteiger partial charge is 0.259 e. The summed E-state index contributed by atoms with van der Waals surface area (Å²) in [6.07, 6.45) is 0. The fourth-order valence-corrected chi connectivity index (χ4v) is 4.76. The molecule has 0 aromatic heterocycles. The van der Waals surface area contributed by atoms with Crippen LogP contribution in [-0.4, -0.2) is 16.5 Å². The number of nitrogens with zero attached hydrogens (tertiary/aromatic N) is 2. The molecule has 1 aliphatic heterocycles. The molecule has 4 heteroatoms. The molecule has 0 aliphatic carbocycles. The van der Waals surface area contributed by atoms with E-state index in [0.29, 0.717) is 5.56 Å². The van der Waals surface area contributed by atoms with Crippen LogP contribution in [0.3, 0.4) is 0 Å². The van der Waals surface area contributed by atoms with Crippen molar-refractivity contribution in [3.8, 4) is 0 Å². The Hall–Kier alpha value is -2.85. The Balaban J connectivity index is 1.94. The fraction of sp³-hybridized carbons (Fsp3) is 0.200. The third-order valence-corrected chi connectivity index (χ3v) is 5.72. The van der Waals surface area contributed by atoms with E-state index in [1.165, 1.54) is 0 Å². The van der Waals surface area contributed by atoms with Crippen molar-refractivity contribution >= 4 is 28.4 Å². The molecule has 0 saturated carbocycles. The minimum Gasteiger partial charge on any atom is -0.293 e. The Bertz CT molecular complexity index is 1040. The SMILES string of the molecule is CC(C)(C)N=C1Sc2ccccc2N(C(=O)c2ccccc2)C1c1ccccc1. The van der Waals surface area contributed by atoms with Crippen LogP contribution in [0.2, 0.25) is 0 Å². The predicted octanol–water partition coefficient (Wildman–Crippen LogP) is 6.38. The van der Waals surface area contributed by atoms with Crippen molar-refractivity contribution in [2.75, 3.05) is 4.90 Å². The van der Waals surface area contributed by atoms with Crippen LogP contribution in [0.1, 0.15) is 42.7 Å². The molecule has 0 bridgehead atoms. The van der Waals surface area contributed by atoms with Gasteiger partial charge in [0, 0.05) is 10.5 Å². The molecule has 146 valence electrons. The van der Waals surface area contributed by atoms with Crippen molar-refractivity contribution in [2.45, 2.75) is 37.2 Å². The summed E-state index contributed by atoms with van der Waals surface area (Å²) in [5.41, 5.74) is 2.41. The summed E-state index contributed by atoms with van der Waals surface area (Å²) in [6.45, 7) is 6.27. The molecule has 0 radical (unpaired) electrons. The number of para-hydroxylation sites is 1. The first-order chi connectivity index (χ1) is 13.9. The summed E-state index contributed by atoms with van der Waals surface area (Å²) in [6, 6.07) is 27.5. The number of rotatable bonds is 2. The van der Waals surface area contributed by atoms with E-state index in [0.717, 1.165) is 21.2 Å². The summed E-state index contributed by atoms with van der Waals surface area (Å²) in [4.78, 5) is 21.7. The van der Waals surface area contributed by atoms with E-state index in [-0.39, 0.29) is 17.5 Å². The highest BCUT2D eigenvalue weighted by molar-refractivity contribution is 8.14. The van der Waals surface area contributed by atoms with Crippen LogP contribution < -0.4 is 4.90 Å². The van der Waals surface area contributed by atoms with Crippen molar-refractivity contribution in [3.05, 3.63) is 96.1 Å². The number of benzene rings is 3. The molecule has 0 saturated heterocycles. The molecule has 29 heavy (non-hydrogen) atoms. The highest BCUT2D eigenvalue weighted by atomic mass is 32.2. The summed E-state index contributed by atoms with van der Waals surface area (Å²) in [5, 5.41) is 0.937. The predicted molar refractivity (Wildman–Crippen MR) is 122 cm³/mol. The first-order valence-corrected chi connectivity index (χ1v) is 10.6. The third-order valence-electron chi connectivity index (χ3n) is 4.63. The maximum Gasteiger partial charge on any atom is 0.259 e. The lowest BCUT2D eigenvalue weighted by molar-refractivity contribution is 0.0982. The standard InChI is InChI=1S/C25H24N2OS/c1-25(2,3)26-23-22(18-12-6-4-7-13-18)27(20-16-10-11-17-21(20)29-23)24(28)19-14-8-5-9-15-19/h4-17,22H,1-3H3. The molecule has 1 heterocycles. The Kier molecular flexibility index (Phi) is 5.29. The number of anilines is 1.